The van der Waals surface area contributed by atoms with Crippen LogP contribution in [0.1, 0.15) is 64.2 Å². The molecule has 116 valence electrons. The molecule has 2 fully saturated rings. The van der Waals surface area contributed by atoms with E-state index in [9.17, 15) is 0 Å². The highest BCUT2D eigenvalue weighted by Crippen LogP contribution is 2.36. The Bertz CT molecular complexity index is 258. The van der Waals surface area contributed by atoms with Gasteiger partial charge >= 0.3 is 0 Å². The van der Waals surface area contributed by atoms with Crippen LogP contribution in [0, 0.1) is 0 Å². The third-order valence-electron chi connectivity index (χ3n) is 5.54. The highest BCUT2D eigenvalue weighted by molar-refractivity contribution is 4.82. The molecular weight excluding hydrogens is 266 g/mol. The number of nitrogens with zero attached hydrogens (tertiary/aromatic N) is 1. The lowest BCUT2D eigenvalue weighted by Gasteiger charge is -2.51. The van der Waals surface area contributed by atoms with Gasteiger partial charge in [-0.25, -0.2) is 0 Å². The van der Waals surface area contributed by atoms with Crippen LogP contribution in [-0.2, 0) is 0 Å². The molecule has 0 heterocycles. The molecule has 0 aliphatic heterocycles. The predicted molar refractivity (Wildman–Crippen MR) is 84.1 cm³/mol. The van der Waals surface area contributed by atoms with Crippen LogP contribution in [0.3, 0.4) is 0 Å². The van der Waals surface area contributed by atoms with Gasteiger partial charge in [0, 0.05) is 0 Å². The molecule has 0 N–H and O–H groups in total. The smallest absolute Gasteiger partial charge is 0.0977 e. The molecule has 2 rings (SSSR count). The molecule has 20 heavy (non-hydrogen) atoms. The summed E-state index contributed by atoms with van der Waals surface area (Å²) < 4.78 is 1.28. The van der Waals surface area contributed by atoms with Gasteiger partial charge in [-0.3, -0.25) is 0 Å². The molecule has 2 heteroatoms. The van der Waals surface area contributed by atoms with Crippen LogP contribution in [0.4, 0.5) is 0 Å². The predicted octanol–water partition coefficient (Wildman–Crippen LogP) is 1.84. The molecule has 2 saturated carbocycles. The molecule has 0 aromatic rings. The lowest BCUT2D eigenvalue weighted by Crippen LogP contribution is -3.00. The van der Waals surface area contributed by atoms with Gasteiger partial charge in [-0.1, -0.05) is 26.0 Å². The Morgan fingerprint density at radius 2 is 1.05 bits per heavy atom. The zero-order valence-corrected chi connectivity index (χ0v) is 13.8. The Morgan fingerprint density at radius 1 is 0.700 bits per heavy atom. The first-order chi connectivity index (χ1) is 9.33. The number of quaternary nitrogens is 1. The van der Waals surface area contributed by atoms with Crippen molar-refractivity contribution in [2.45, 2.75) is 76.3 Å². The van der Waals surface area contributed by atoms with Crippen molar-refractivity contribution in [1.82, 2.24) is 0 Å². The number of rotatable bonds is 6. The summed E-state index contributed by atoms with van der Waals surface area (Å²) in [6.45, 7) is 10.4. The summed E-state index contributed by atoms with van der Waals surface area (Å²) >= 11 is 0. The Morgan fingerprint density at radius 3 is 1.35 bits per heavy atom. The summed E-state index contributed by atoms with van der Waals surface area (Å²) in [7, 11) is 0. The first-order valence-corrected chi connectivity index (χ1v) is 8.41. The molecule has 2 aliphatic carbocycles. The molecule has 0 saturated heterocycles. The van der Waals surface area contributed by atoms with Crippen molar-refractivity contribution in [3.63, 3.8) is 0 Å². The van der Waals surface area contributed by atoms with Gasteiger partial charge in [0.2, 0.25) is 0 Å². The fourth-order valence-electron chi connectivity index (χ4n) is 4.64. The van der Waals surface area contributed by atoms with Crippen LogP contribution < -0.4 is 12.4 Å². The standard InChI is InChI=1S/C18H32N.ClH/c1-3-15-19(16-4-2,17-11-7-5-8-12-17)18-13-9-6-10-14-18;/h3-4,17-18H,1-2,5-16H2;1H/q+1;/p-1. The Hall–Kier alpha value is -0.270. The summed E-state index contributed by atoms with van der Waals surface area (Å²) in [5.74, 6) is 0. The summed E-state index contributed by atoms with van der Waals surface area (Å²) in [6, 6.07) is 1.74. The fourth-order valence-corrected chi connectivity index (χ4v) is 4.64. The van der Waals surface area contributed by atoms with Gasteiger partial charge < -0.3 is 16.9 Å². The molecule has 0 unspecified atom stereocenters. The topological polar surface area (TPSA) is 0 Å². The molecule has 0 atom stereocenters. The zero-order valence-electron chi connectivity index (χ0n) is 13.0. The number of halogens is 1. The lowest BCUT2D eigenvalue weighted by atomic mass is 9.85. The second-order valence-corrected chi connectivity index (χ2v) is 6.63. The lowest BCUT2D eigenvalue weighted by molar-refractivity contribution is -0.966. The van der Waals surface area contributed by atoms with E-state index in [1.54, 1.807) is 0 Å². The van der Waals surface area contributed by atoms with Crippen LogP contribution in [-0.4, -0.2) is 29.7 Å². The molecule has 0 aromatic heterocycles. The fraction of sp³-hybridized carbons (Fsp3) is 0.778. The average molecular weight is 298 g/mol. The maximum absolute atomic E-state index is 4.07. The van der Waals surface area contributed by atoms with Crippen molar-refractivity contribution in [2.75, 3.05) is 13.1 Å². The Balaban J connectivity index is 0.00000200. The van der Waals surface area contributed by atoms with Crippen LogP contribution in [0.5, 0.6) is 0 Å². The zero-order chi connectivity index (χ0) is 13.6. The number of hydrogen-bond donors (Lipinski definition) is 0. The SMILES string of the molecule is C=CC[N+](CC=C)(C1CCCCC1)C1CCCCC1.[Cl-]. The van der Waals surface area contributed by atoms with Gasteiger partial charge in [-0.2, -0.15) is 0 Å². The van der Waals surface area contributed by atoms with Crippen LogP contribution >= 0.6 is 0 Å². The van der Waals surface area contributed by atoms with Crippen molar-refractivity contribution in [1.29, 1.82) is 0 Å². The van der Waals surface area contributed by atoms with Crippen LogP contribution in [0.2, 0.25) is 0 Å². The van der Waals surface area contributed by atoms with Gasteiger partial charge in [0.05, 0.1) is 25.2 Å². The third kappa shape index (κ3) is 3.89. The van der Waals surface area contributed by atoms with Gasteiger partial charge in [0.15, 0.2) is 0 Å². The molecular formula is C18H32ClN. The summed E-state index contributed by atoms with van der Waals surface area (Å²) in [6.07, 6.45) is 18.7. The summed E-state index contributed by atoms with van der Waals surface area (Å²) in [5.41, 5.74) is 0. The maximum Gasteiger partial charge on any atom is 0.0977 e. The molecule has 2 aliphatic rings. The van der Waals surface area contributed by atoms with Gasteiger partial charge in [-0.05, 0) is 63.5 Å². The molecule has 1 nitrogen and oxygen atoms in total. The monoisotopic (exact) mass is 297 g/mol. The van der Waals surface area contributed by atoms with Crippen LogP contribution in [0.15, 0.2) is 25.3 Å². The second-order valence-electron chi connectivity index (χ2n) is 6.63. The minimum absolute atomic E-state index is 0. The maximum atomic E-state index is 4.07. The second kappa shape index (κ2) is 8.89. The van der Waals surface area contributed by atoms with Crippen LogP contribution in [0.25, 0.3) is 0 Å². The third-order valence-corrected chi connectivity index (χ3v) is 5.54. The molecule has 0 spiro atoms. The van der Waals surface area contributed by atoms with Gasteiger partial charge in [0.25, 0.3) is 0 Å². The molecule has 0 amide bonds. The highest BCUT2D eigenvalue weighted by atomic mass is 35.5. The van der Waals surface area contributed by atoms with E-state index in [1.807, 2.05) is 0 Å². The van der Waals surface area contributed by atoms with Crippen molar-refractivity contribution < 1.29 is 16.9 Å². The van der Waals surface area contributed by atoms with E-state index in [0.29, 0.717) is 0 Å². The first kappa shape index (κ1) is 17.8. The average Bonchev–Trinajstić information content (AvgIpc) is 2.49. The van der Waals surface area contributed by atoms with E-state index in [4.69, 9.17) is 0 Å². The first-order valence-electron chi connectivity index (χ1n) is 8.41. The van der Waals surface area contributed by atoms with Crippen molar-refractivity contribution in [2.24, 2.45) is 0 Å². The summed E-state index contributed by atoms with van der Waals surface area (Å²) in [5, 5.41) is 0. The Kier molecular flexibility index (Phi) is 7.91. The highest BCUT2D eigenvalue weighted by Gasteiger charge is 2.42. The van der Waals surface area contributed by atoms with Crippen molar-refractivity contribution in [3.05, 3.63) is 25.3 Å². The Labute approximate surface area is 132 Å². The molecule has 0 radical (unpaired) electrons. The van der Waals surface area contributed by atoms with E-state index < -0.39 is 0 Å². The van der Waals surface area contributed by atoms with Crippen molar-refractivity contribution >= 4 is 0 Å². The molecule has 0 bridgehead atoms. The molecule has 0 aromatic carbocycles. The van der Waals surface area contributed by atoms with E-state index in [-0.39, 0.29) is 12.4 Å². The van der Waals surface area contributed by atoms with E-state index in [0.717, 1.165) is 25.2 Å². The van der Waals surface area contributed by atoms with Gasteiger partial charge in [-0.15, -0.1) is 0 Å². The van der Waals surface area contributed by atoms with E-state index in [2.05, 4.69) is 25.3 Å². The van der Waals surface area contributed by atoms with E-state index >= 15 is 0 Å². The quantitative estimate of drug-likeness (QED) is 0.518. The normalized spacial score (nSPS) is 22.0. The minimum Gasteiger partial charge on any atom is -1.00 e. The largest absolute Gasteiger partial charge is 1.00 e. The minimum atomic E-state index is 0. The van der Waals surface area contributed by atoms with Gasteiger partial charge in [0.1, 0.15) is 0 Å². The van der Waals surface area contributed by atoms with Crippen molar-refractivity contribution in [3.8, 4) is 0 Å². The summed E-state index contributed by atoms with van der Waals surface area (Å²) in [4.78, 5) is 0. The van der Waals surface area contributed by atoms with E-state index in [1.165, 1.54) is 68.7 Å². The number of hydrogen-bond acceptors (Lipinski definition) is 0.